The molecule has 0 aromatic carbocycles. The summed E-state index contributed by atoms with van der Waals surface area (Å²) in [5, 5.41) is 8.75. The predicted octanol–water partition coefficient (Wildman–Crippen LogP) is 1.54. The third-order valence-corrected chi connectivity index (χ3v) is 1.88. The minimum absolute atomic E-state index is 0.0523. The van der Waals surface area contributed by atoms with Gasteiger partial charge in [0, 0.05) is 19.8 Å². The van der Waals surface area contributed by atoms with E-state index in [1.54, 1.807) is 4.90 Å². The van der Waals surface area contributed by atoms with Gasteiger partial charge in [0.1, 0.15) is 0 Å². The van der Waals surface area contributed by atoms with Crippen molar-refractivity contribution in [2.75, 3.05) is 20.0 Å². The molecule has 0 spiro atoms. The lowest BCUT2D eigenvalue weighted by Crippen LogP contribution is -2.17. The summed E-state index contributed by atoms with van der Waals surface area (Å²) in [5.41, 5.74) is 1.06. The molecule has 0 unspecified atom stereocenters. The van der Waals surface area contributed by atoms with E-state index in [4.69, 9.17) is 16.7 Å². The summed E-state index contributed by atoms with van der Waals surface area (Å²) in [6.45, 7) is 1.91. The molecule has 0 rings (SSSR count). The van der Waals surface area contributed by atoms with E-state index < -0.39 is 5.97 Å². The molecule has 0 radical (unpaired) electrons. The van der Waals surface area contributed by atoms with Crippen molar-refractivity contribution in [2.24, 2.45) is 0 Å². The Morgan fingerprint density at radius 1 is 1.50 bits per heavy atom. The van der Waals surface area contributed by atoms with E-state index in [-0.39, 0.29) is 11.5 Å². The summed E-state index contributed by atoms with van der Waals surface area (Å²) >= 11 is 5.51. The fourth-order valence-electron chi connectivity index (χ4n) is 1.06. The topological polar surface area (TPSA) is 40.5 Å². The molecule has 0 heterocycles. The third-order valence-electron chi connectivity index (χ3n) is 1.61. The Hall–Kier alpha value is -0.700. The van der Waals surface area contributed by atoms with Crippen molar-refractivity contribution in [1.29, 1.82) is 0 Å². The highest BCUT2D eigenvalue weighted by molar-refractivity contribution is 6.22. The Morgan fingerprint density at radius 2 is 2.00 bits per heavy atom. The maximum absolute atomic E-state index is 10.7. The fourth-order valence-corrected chi connectivity index (χ4v) is 1.33. The number of carboxylic acids is 1. The van der Waals surface area contributed by atoms with E-state index >= 15 is 0 Å². The third kappa shape index (κ3) is 2.74. The largest absolute Gasteiger partial charge is 0.478 e. The molecule has 0 amide bonds. The number of nitrogens with zero attached hydrogens (tertiary/aromatic N) is 1. The summed E-state index contributed by atoms with van der Waals surface area (Å²) in [6.07, 6.45) is 0.682. The Kier molecular flexibility index (Phi) is 4.74. The van der Waals surface area contributed by atoms with Crippen molar-refractivity contribution in [1.82, 2.24) is 4.90 Å². The molecule has 0 aliphatic carbocycles. The maximum Gasteiger partial charge on any atom is 0.334 e. The zero-order valence-corrected chi connectivity index (χ0v) is 8.35. The van der Waals surface area contributed by atoms with E-state index in [2.05, 4.69) is 0 Å². The minimum atomic E-state index is -0.935. The zero-order chi connectivity index (χ0) is 9.72. The average molecular weight is 192 g/mol. The summed E-state index contributed by atoms with van der Waals surface area (Å²) in [4.78, 5) is 12.4. The van der Waals surface area contributed by atoms with E-state index in [0.29, 0.717) is 6.42 Å². The SMILES string of the molecule is CCC(=C(CCl)C(=O)O)N(C)C. The number of halogens is 1. The van der Waals surface area contributed by atoms with Crippen molar-refractivity contribution >= 4 is 17.6 Å². The van der Waals surface area contributed by atoms with Gasteiger partial charge in [-0.2, -0.15) is 0 Å². The molecule has 0 atom stereocenters. The first kappa shape index (κ1) is 11.3. The van der Waals surface area contributed by atoms with Crippen molar-refractivity contribution in [2.45, 2.75) is 13.3 Å². The Balaban J connectivity index is 4.87. The number of alkyl halides is 1. The molecule has 0 saturated heterocycles. The van der Waals surface area contributed by atoms with Crippen molar-refractivity contribution in [3.63, 3.8) is 0 Å². The second-order valence-electron chi connectivity index (χ2n) is 2.61. The van der Waals surface area contributed by atoms with E-state index in [9.17, 15) is 4.79 Å². The number of hydrogen-bond acceptors (Lipinski definition) is 2. The molecule has 0 aromatic rings. The lowest BCUT2D eigenvalue weighted by molar-refractivity contribution is -0.132. The molecular weight excluding hydrogens is 178 g/mol. The van der Waals surface area contributed by atoms with Crippen molar-refractivity contribution in [3.05, 3.63) is 11.3 Å². The van der Waals surface area contributed by atoms with Gasteiger partial charge in [0.15, 0.2) is 0 Å². The predicted molar refractivity (Wildman–Crippen MR) is 49.4 cm³/mol. The molecule has 70 valence electrons. The van der Waals surface area contributed by atoms with Crippen LogP contribution in [0.1, 0.15) is 13.3 Å². The van der Waals surface area contributed by atoms with Crippen molar-refractivity contribution < 1.29 is 9.90 Å². The van der Waals surface area contributed by atoms with Crippen LogP contribution in [0.5, 0.6) is 0 Å². The van der Waals surface area contributed by atoms with Crippen LogP contribution in [-0.4, -0.2) is 36.0 Å². The Bertz CT molecular complexity index is 199. The van der Waals surface area contributed by atoms with Gasteiger partial charge in [0.05, 0.1) is 11.5 Å². The number of rotatable bonds is 4. The monoisotopic (exact) mass is 191 g/mol. The van der Waals surface area contributed by atoms with E-state index in [1.807, 2.05) is 21.0 Å². The van der Waals surface area contributed by atoms with Gasteiger partial charge in [-0.05, 0) is 6.42 Å². The molecule has 4 heteroatoms. The number of hydrogen-bond donors (Lipinski definition) is 1. The van der Waals surface area contributed by atoms with Gasteiger partial charge < -0.3 is 10.0 Å². The summed E-state index contributed by atoms with van der Waals surface area (Å²) in [5.74, 6) is -0.882. The van der Waals surface area contributed by atoms with Crippen LogP contribution in [0.4, 0.5) is 0 Å². The molecule has 0 aromatic heterocycles. The van der Waals surface area contributed by atoms with Crippen LogP contribution < -0.4 is 0 Å². The fraction of sp³-hybridized carbons (Fsp3) is 0.625. The lowest BCUT2D eigenvalue weighted by Gasteiger charge is -2.17. The average Bonchev–Trinajstić information content (AvgIpc) is 1.98. The Labute approximate surface area is 77.6 Å². The molecule has 0 fully saturated rings. The van der Waals surface area contributed by atoms with Crippen LogP contribution in [0.15, 0.2) is 11.3 Å². The molecule has 12 heavy (non-hydrogen) atoms. The van der Waals surface area contributed by atoms with Crippen molar-refractivity contribution in [3.8, 4) is 0 Å². The molecule has 0 aliphatic rings. The second-order valence-corrected chi connectivity index (χ2v) is 2.88. The smallest absolute Gasteiger partial charge is 0.334 e. The lowest BCUT2D eigenvalue weighted by atomic mass is 10.2. The molecule has 0 bridgehead atoms. The number of carboxylic acid groups (broad SMARTS) is 1. The standard InChI is InChI=1S/C8H14ClNO2/c1-4-7(10(2)3)6(5-9)8(11)12/h4-5H2,1-3H3,(H,11,12). The van der Waals surface area contributed by atoms with Gasteiger partial charge in [0.25, 0.3) is 0 Å². The Morgan fingerprint density at radius 3 is 2.08 bits per heavy atom. The van der Waals surface area contributed by atoms with Gasteiger partial charge in [-0.25, -0.2) is 4.79 Å². The van der Waals surface area contributed by atoms with Crippen LogP contribution in [0.3, 0.4) is 0 Å². The van der Waals surface area contributed by atoms with Crippen LogP contribution in [0, 0.1) is 0 Å². The quantitative estimate of drug-likeness (QED) is 0.541. The minimum Gasteiger partial charge on any atom is -0.478 e. The van der Waals surface area contributed by atoms with Crippen LogP contribution in [0.25, 0.3) is 0 Å². The van der Waals surface area contributed by atoms with Gasteiger partial charge in [-0.3, -0.25) is 0 Å². The summed E-state index contributed by atoms with van der Waals surface area (Å²) in [7, 11) is 3.63. The highest BCUT2D eigenvalue weighted by Crippen LogP contribution is 2.12. The molecule has 1 N–H and O–H groups in total. The number of carbonyl (C=O) groups is 1. The van der Waals surface area contributed by atoms with Crippen LogP contribution in [0.2, 0.25) is 0 Å². The van der Waals surface area contributed by atoms with E-state index in [1.165, 1.54) is 0 Å². The summed E-state index contributed by atoms with van der Waals surface area (Å²) in [6, 6.07) is 0. The molecule has 0 aliphatic heterocycles. The highest BCUT2D eigenvalue weighted by atomic mass is 35.5. The first-order valence-electron chi connectivity index (χ1n) is 3.73. The van der Waals surface area contributed by atoms with Gasteiger partial charge >= 0.3 is 5.97 Å². The first-order chi connectivity index (χ1) is 5.54. The number of allylic oxidation sites excluding steroid dienone is 1. The van der Waals surface area contributed by atoms with Gasteiger partial charge in [-0.15, -0.1) is 11.6 Å². The van der Waals surface area contributed by atoms with E-state index in [0.717, 1.165) is 5.70 Å². The maximum atomic E-state index is 10.7. The zero-order valence-electron chi connectivity index (χ0n) is 7.59. The number of aliphatic carboxylic acids is 1. The van der Waals surface area contributed by atoms with Crippen LogP contribution >= 0.6 is 11.6 Å². The normalized spacial score (nSPS) is 12.3. The van der Waals surface area contributed by atoms with Crippen LogP contribution in [-0.2, 0) is 4.79 Å². The molecular formula is C8H14ClNO2. The first-order valence-corrected chi connectivity index (χ1v) is 4.26. The highest BCUT2D eigenvalue weighted by Gasteiger charge is 2.12. The molecule has 3 nitrogen and oxygen atoms in total. The molecule has 0 saturated carbocycles. The summed E-state index contributed by atoms with van der Waals surface area (Å²) < 4.78 is 0. The second kappa shape index (κ2) is 5.04. The van der Waals surface area contributed by atoms with Gasteiger partial charge in [0.2, 0.25) is 0 Å². The van der Waals surface area contributed by atoms with Gasteiger partial charge in [-0.1, -0.05) is 6.92 Å².